The van der Waals surface area contributed by atoms with E-state index in [-0.39, 0.29) is 0 Å². The zero-order valence-electron chi connectivity index (χ0n) is 39.9. The molecule has 0 aromatic heterocycles. The molecule has 0 radical (unpaired) electrons. The van der Waals surface area contributed by atoms with E-state index in [4.69, 9.17) is 9.47 Å². The first-order chi connectivity index (χ1) is 26.1. The van der Waals surface area contributed by atoms with Crippen molar-refractivity contribution in [1.29, 1.82) is 0 Å². The third kappa shape index (κ3) is 12.3. The van der Waals surface area contributed by atoms with E-state index in [0.717, 1.165) is 42.7 Å². The van der Waals surface area contributed by atoms with E-state index in [1.54, 1.807) is 12.8 Å². The molecule has 0 bridgehead atoms. The molecule has 2 nitrogen and oxygen atoms in total. The van der Waals surface area contributed by atoms with Crippen LogP contribution >= 0.6 is 0 Å². The van der Waals surface area contributed by atoms with Gasteiger partial charge in [-0.15, -0.1) is 0 Å². The van der Waals surface area contributed by atoms with Crippen LogP contribution in [0.1, 0.15) is 262 Å². The molecular weight excluding hydrogens is 681 g/mol. The molecule has 10 rings (SSSR count). The van der Waals surface area contributed by atoms with Gasteiger partial charge in [-0.1, -0.05) is 108 Å². The van der Waals surface area contributed by atoms with Crippen LogP contribution in [-0.2, 0) is 9.47 Å². The fourth-order valence-corrected chi connectivity index (χ4v) is 15.6. The summed E-state index contributed by atoms with van der Waals surface area (Å²) in [6.45, 7) is 28.2. The van der Waals surface area contributed by atoms with Crippen LogP contribution in [0.4, 0.5) is 0 Å². The van der Waals surface area contributed by atoms with Gasteiger partial charge < -0.3 is 9.47 Å². The minimum absolute atomic E-state index is 0.615. The van der Waals surface area contributed by atoms with Gasteiger partial charge in [-0.2, -0.15) is 0 Å². The zero-order chi connectivity index (χ0) is 40.5. The summed E-state index contributed by atoms with van der Waals surface area (Å²) in [6, 6.07) is 0. The molecule has 2 heteroatoms. The second-order valence-corrected chi connectivity index (χ2v) is 27.2. The van der Waals surface area contributed by atoms with Gasteiger partial charge in [0.15, 0.2) is 0 Å². The normalized spacial score (nSPS) is 33.1. The first-order valence-electron chi connectivity index (χ1n) is 25.3. The van der Waals surface area contributed by atoms with Gasteiger partial charge in [0, 0.05) is 26.4 Å². The summed E-state index contributed by atoms with van der Waals surface area (Å²) < 4.78 is 10.8. The molecule has 8 aliphatic carbocycles. The van der Waals surface area contributed by atoms with Crippen LogP contribution in [-0.4, -0.2) is 26.4 Å². The lowest BCUT2D eigenvalue weighted by atomic mass is 9.46. The number of rotatable bonds is 0. The van der Waals surface area contributed by atoms with Crippen LogP contribution in [0.5, 0.6) is 0 Å². The Kier molecular flexibility index (Phi) is 14.1. The molecule has 0 amide bonds. The summed E-state index contributed by atoms with van der Waals surface area (Å²) in [5, 5.41) is 0. The fourth-order valence-electron chi connectivity index (χ4n) is 15.6. The third-order valence-electron chi connectivity index (χ3n) is 18.5. The van der Waals surface area contributed by atoms with Crippen molar-refractivity contribution in [3.05, 3.63) is 0 Å². The molecule has 0 N–H and O–H groups in total. The van der Waals surface area contributed by atoms with Gasteiger partial charge in [0.1, 0.15) is 0 Å². The molecule has 2 saturated heterocycles. The van der Waals surface area contributed by atoms with E-state index in [9.17, 15) is 0 Å². The molecule has 2 aliphatic heterocycles. The van der Waals surface area contributed by atoms with Crippen molar-refractivity contribution in [3.63, 3.8) is 0 Å². The summed E-state index contributed by atoms with van der Waals surface area (Å²) in [6.07, 6.45) is 44.3. The number of hydrogen-bond acceptors (Lipinski definition) is 2. The fraction of sp³-hybridized carbons (Fsp3) is 1.00. The van der Waals surface area contributed by atoms with E-state index in [2.05, 4.69) is 69.2 Å². The average molecular weight is 779 g/mol. The molecular formula is C54H98O2. The van der Waals surface area contributed by atoms with Crippen LogP contribution in [0.25, 0.3) is 0 Å². The first kappa shape index (κ1) is 45.4. The van der Waals surface area contributed by atoms with E-state index in [1.165, 1.54) is 180 Å². The maximum Gasteiger partial charge on any atom is 0.0471 e. The lowest BCUT2D eigenvalue weighted by Crippen LogP contribution is -2.47. The predicted molar refractivity (Wildman–Crippen MR) is 241 cm³/mol. The lowest BCUT2D eigenvalue weighted by molar-refractivity contribution is -0.0927. The third-order valence-corrected chi connectivity index (χ3v) is 18.5. The van der Waals surface area contributed by atoms with Crippen molar-refractivity contribution in [3.8, 4) is 0 Å². The Balaban J connectivity index is 0.000000119. The van der Waals surface area contributed by atoms with Crippen LogP contribution in [0, 0.1) is 54.1 Å². The number of ether oxygens (including phenoxy) is 2. The molecule has 0 atom stereocenters. The van der Waals surface area contributed by atoms with Crippen molar-refractivity contribution < 1.29 is 9.47 Å². The van der Waals surface area contributed by atoms with Crippen molar-refractivity contribution in [2.75, 3.05) is 26.4 Å². The van der Waals surface area contributed by atoms with Gasteiger partial charge in [0.05, 0.1) is 0 Å². The highest BCUT2D eigenvalue weighted by Gasteiger charge is 2.52. The summed E-state index contributed by atoms with van der Waals surface area (Å²) in [5.41, 5.74) is 7.25. The Morgan fingerprint density at radius 3 is 0.768 bits per heavy atom. The van der Waals surface area contributed by atoms with Crippen LogP contribution in [0.15, 0.2) is 0 Å². The number of hydrogen-bond donors (Lipinski definition) is 0. The Morgan fingerprint density at radius 2 is 0.464 bits per heavy atom. The van der Waals surface area contributed by atoms with Gasteiger partial charge in [-0.25, -0.2) is 0 Å². The Bertz CT molecular complexity index is 1120. The second kappa shape index (κ2) is 17.4. The molecule has 10 aliphatic rings. The summed E-state index contributed by atoms with van der Waals surface area (Å²) in [4.78, 5) is 0. The zero-order valence-corrected chi connectivity index (χ0v) is 39.9. The molecule has 0 unspecified atom stereocenters. The topological polar surface area (TPSA) is 18.5 Å². The van der Waals surface area contributed by atoms with Crippen LogP contribution in [0.2, 0.25) is 0 Å². The predicted octanol–water partition coefficient (Wildman–Crippen LogP) is 16.9. The van der Waals surface area contributed by atoms with Gasteiger partial charge in [0.2, 0.25) is 0 Å². The molecule has 0 aromatic carbocycles. The minimum Gasteiger partial charge on any atom is -0.381 e. The van der Waals surface area contributed by atoms with Crippen LogP contribution < -0.4 is 0 Å². The van der Waals surface area contributed by atoms with Gasteiger partial charge in [0.25, 0.3) is 0 Å². The molecule has 8 saturated carbocycles. The highest BCUT2D eigenvalue weighted by molar-refractivity contribution is 5.03. The molecule has 2 heterocycles. The van der Waals surface area contributed by atoms with Crippen LogP contribution in [0.3, 0.4) is 0 Å². The molecule has 5 spiro atoms. The van der Waals surface area contributed by atoms with E-state index in [1.807, 2.05) is 0 Å². The largest absolute Gasteiger partial charge is 0.381 e. The van der Waals surface area contributed by atoms with Gasteiger partial charge >= 0.3 is 0 Å². The Hall–Kier alpha value is -0.0800. The van der Waals surface area contributed by atoms with Crippen molar-refractivity contribution in [2.45, 2.75) is 262 Å². The highest BCUT2D eigenvalue weighted by atomic mass is 16.5. The first-order valence-corrected chi connectivity index (χ1v) is 25.3. The highest BCUT2D eigenvalue weighted by Crippen LogP contribution is 2.64. The monoisotopic (exact) mass is 779 g/mol. The Morgan fingerprint density at radius 1 is 0.214 bits per heavy atom. The van der Waals surface area contributed by atoms with E-state index >= 15 is 0 Å². The van der Waals surface area contributed by atoms with E-state index < -0.39 is 0 Å². The van der Waals surface area contributed by atoms with Crippen molar-refractivity contribution >= 4 is 0 Å². The van der Waals surface area contributed by atoms with Crippen molar-refractivity contribution in [1.82, 2.24) is 0 Å². The summed E-state index contributed by atoms with van der Waals surface area (Å²) in [7, 11) is 0. The van der Waals surface area contributed by atoms with Gasteiger partial charge in [-0.05, 0) is 208 Å². The maximum atomic E-state index is 5.45. The smallest absolute Gasteiger partial charge is 0.0471 e. The standard InChI is InChI=1S/C13H24.C12H22O.C10H18O.C10H18.C9H16/c1-12(2)8-10-13(11-9-12)6-4-3-5-7-13;1-11(2)3-5-12(6-4-11)7-9-13-10-8-12;1-9(2)7-10(8-9)3-5-11-6-4-10;1-9(2)7-10(8-9)5-3-4-6-10;1-8(2)6-9(7-8)4-3-5-9/h3-11H2,1-2H3;3-10H2,1-2H3;3-8H2,1-2H3;3-8H2,1-2H3;3-7H2,1-2H3. The lowest BCUT2D eigenvalue weighted by Gasteiger charge is -2.59. The Labute approximate surface area is 350 Å². The molecule has 0 aromatic rings. The average Bonchev–Trinajstić information content (AvgIpc) is 3.56. The maximum absolute atomic E-state index is 5.45. The van der Waals surface area contributed by atoms with E-state index in [0.29, 0.717) is 37.9 Å². The minimum atomic E-state index is 0.615. The molecule has 56 heavy (non-hydrogen) atoms. The molecule has 326 valence electrons. The SMILES string of the molecule is CC1(C)CC2(CCC2)C1.CC1(C)CC2(CCCC2)C1.CC1(C)CC2(CCOCC2)C1.CC1(C)CCC2(CCCCC2)CC1.CC1(C)CCC2(CCOCC2)CC1. The summed E-state index contributed by atoms with van der Waals surface area (Å²) in [5.74, 6) is 0. The van der Waals surface area contributed by atoms with Gasteiger partial charge in [-0.3, -0.25) is 0 Å². The summed E-state index contributed by atoms with van der Waals surface area (Å²) >= 11 is 0. The van der Waals surface area contributed by atoms with Crippen molar-refractivity contribution in [2.24, 2.45) is 54.1 Å². The second-order valence-electron chi connectivity index (χ2n) is 27.2. The molecule has 10 fully saturated rings. The quantitative estimate of drug-likeness (QED) is 0.244.